The summed E-state index contributed by atoms with van der Waals surface area (Å²) < 4.78 is 0. The van der Waals surface area contributed by atoms with Crippen LogP contribution in [0.3, 0.4) is 0 Å². The molecule has 1 aromatic carbocycles. The number of benzene rings is 1. The van der Waals surface area contributed by atoms with Gasteiger partial charge in [0.2, 0.25) is 0 Å². The number of nitro groups is 1. The Labute approximate surface area is 121 Å². The number of carbonyl (C=O) groups is 1. The lowest BCUT2D eigenvalue weighted by molar-refractivity contribution is -0.385. The summed E-state index contributed by atoms with van der Waals surface area (Å²) in [6.45, 7) is 0.309. The van der Waals surface area contributed by atoms with E-state index in [1.807, 2.05) is 0 Å². The molecular formula is C14H14N4O3. The molecule has 0 unspecified atom stereocenters. The molecule has 0 aliphatic carbocycles. The maximum Gasteiger partial charge on any atom is 0.273 e. The van der Waals surface area contributed by atoms with Crippen LogP contribution in [0.1, 0.15) is 15.9 Å². The van der Waals surface area contributed by atoms with Crippen LogP contribution in [0.15, 0.2) is 42.7 Å². The lowest BCUT2D eigenvalue weighted by Crippen LogP contribution is -2.13. The van der Waals surface area contributed by atoms with Crippen molar-refractivity contribution in [3.63, 3.8) is 0 Å². The number of nitrogens with two attached hydrogens (primary N) is 1. The average molecular weight is 286 g/mol. The fourth-order valence-electron chi connectivity index (χ4n) is 1.88. The fraction of sp³-hybridized carbons (Fsp3) is 0.143. The minimum absolute atomic E-state index is 0.0946. The van der Waals surface area contributed by atoms with E-state index in [2.05, 4.69) is 10.3 Å². The molecular weight excluding hydrogens is 272 g/mol. The van der Waals surface area contributed by atoms with Crippen LogP contribution in [-0.4, -0.2) is 22.4 Å². The van der Waals surface area contributed by atoms with Crippen LogP contribution in [0.5, 0.6) is 0 Å². The van der Waals surface area contributed by atoms with E-state index in [0.29, 0.717) is 24.2 Å². The van der Waals surface area contributed by atoms with Gasteiger partial charge in [0.15, 0.2) is 0 Å². The molecule has 1 heterocycles. The molecule has 3 N–H and O–H groups in total. The lowest BCUT2D eigenvalue weighted by atomic mass is 10.1. The monoisotopic (exact) mass is 286 g/mol. The van der Waals surface area contributed by atoms with Gasteiger partial charge in [0.05, 0.1) is 4.92 Å². The van der Waals surface area contributed by atoms with Crippen molar-refractivity contribution in [1.82, 2.24) is 4.98 Å². The molecule has 1 amide bonds. The number of amides is 1. The first-order valence-electron chi connectivity index (χ1n) is 6.30. The zero-order valence-corrected chi connectivity index (χ0v) is 11.2. The van der Waals surface area contributed by atoms with Crippen molar-refractivity contribution < 1.29 is 9.72 Å². The summed E-state index contributed by atoms with van der Waals surface area (Å²) in [7, 11) is 0. The van der Waals surface area contributed by atoms with Gasteiger partial charge in [0.1, 0.15) is 0 Å². The minimum atomic E-state index is -0.506. The van der Waals surface area contributed by atoms with Gasteiger partial charge in [-0.15, -0.1) is 0 Å². The van der Waals surface area contributed by atoms with Crippen molar-refractivity contribution in [2.24, 2.45) is 5.73 Å². The Morgan fingerprint density at radius 2 is 2.00 bits per heavy atom. The molecule has 7 heteroatoms. The standard InChI is InChI=1S/C14H14N4O3/c15-6-3-10-1-2-11(9-13(10)18(20)21)14(19)17-12-4-7-16-8-5-12/h1-2,4-5,7-9H,3,6,15H2,(H,16,17,19). The number of anilines is 1. The number of nitrogens with zero attached hydrogens (tertiary/aromatic N) is 2. The van der Waals surface area contributed by atoms with Crippen LogP contribution in [0.2, 0.25) is 0 Å². The van der Waals surface area contributed by atoms with Crippen LogP contribution >= 0.6 is 0 Å². The van der Waals surface area contributed by atoms with E-state index in [9.17, 15) is 14.9 Å². The highest BCUT2D eigenvalue weighted by Gasteiger charge is 2.17. The topological polar surface area (TPSA) is 111 Å². The molecule has 108 valence electrons. The second-order valence-electron chi connectivity index (χ2n) is 4.33. The Kier molecular flexibility index (Phi) is 4.57. The molecule has 0 saturated carbocycles. The highest BCUT2D eigenvalue weighted by Crippen LogP contribution is 2.21. The molecule has 0 atom stereocenters. The largest absolute Gasteiger partial charge is 0.330 e. The van der Waals surface area contributed by atoms with Gasteiger partial charge < -0.3 is 11.1 Å². The molecule has 7 nitrogen and oxygen atoms in total. The summed E-state index contributed by atoms with van der Waals surface area (Å²) in [6.07, 6.45) is 3.48. The van der Waals surface area contributed by atoms with Crippen molar-refractivity contribution in [3.05, 3.63) is 64.0 Å². The molecule has 2 rings (SSSR count). The third kappa shape index (κ3) is 3.61. The number of carbonyl (C=O) groups excluding carboxylic acids is 1. The number of hydrogen-bond acceptors (Lipinski definition) is 5. The molecule has 0 saturated heterocycles. The van der Waals surface area contributed by atoms with Gasteiger partial charge in [0.25, 0.3) is 11.6 Å². The minimum Gasteiger partial charge on any atom is -0.330 e. The van der Waals surface area contributed by atoms with E-state index in [1.165, 1.54) is 6.07 Å². The van der Waals surface area contributed by atoms with E-state index in [4.69, 9.17) is 5.73 Å². The summed E-state index contributed by atoms with van der Waals surface area (Å²) in [4.78, 5) is 26.5. The highest BCUT2D eigenvalue weighted by atomic mass is 16.6. The van der Waals surface area contributed by atoms with E-state index in [-0.39, 0.29) is 11.3 Å². The van der Waals surface area contributed by atoms with Crippen LogP contribution in [0.25, 0.3) is 0 Å². The quantitative estimate of drug-likeness (QED) is 0.642. The predicted molar refractivity (Wildman–Crippen MR) is 78.0 cm³/mol. The number of pyridine rings is 1. The summed E-state index contributed by atoms with van der Waals surface area (Å²) in [5, 5.41) is 13.7. The fourth-order valence-corrected chi connectivity index (χ4v) is 1.88. The molecule has 0 radical (unpaired) electrons. The zero-order valence-electron chi connectivity index (χ0n) is 11.2. The Bertz CT molecular complexity index is 659. The summed E-state index contributed by atoms with van der Waals surface area (Å²) in [5.74, 6) is -0.413. The molecule has 0 bridgehead atoms. The second kappa shape index (κ2) is 6.58. The second-order valence-corrected chi connectivity index (χ2v) is 4.33. The van der Waals surface area contributed by atoms with Crippen molar-refractivity contribution in [3.8, 4) is 0 Å². The normalized spacial score (nSPS) is 10.1. The summed E-state index contributed by atoms with van der Waals surface area (Å²) in [6, 6.07) is 7.65. The van der Waals surface area contributed by atoms with E-state index in [0.717, 1.165) is 0 Å². The summed E-state index contributed by atoms with van der Waals surface area (Å²) >= 11 is 0. The van der Waals surface area contributed by atoms with Crippen molar-refractivity contribution in [2.75, 3.05) is 11.9 Å². The number of nitrogens with one attached hydrogen (secondary N) is 1. The number of hydrogen-bond donors (Lipinski definition) is 2. The third-order valence-electron chi connectivity index (χ3n) is 2.90. The Morgan fingerprint density at radius 1 is 1.29 bits per heavy atom. The first-order valence-corrected chi connectivity index (χ1v) is 6.30. The SMILES string of the molecule is NCCc1ccc(C(=O)Nc2ccncc2)cc1[N+](=O)[O-]. The van der Waals surface area contributed by atoms with E-state index in [1.54, 1.807) is 36.7 Å². The van der Waals surface area contributed by atoms with Crippen LogP contribution in [-0.2, 0) is 6.42 Å². The van der Waals surface area contributed by atoms with Gasteiger partial charge >= 0.3 is 0 Å². The van der Waals surface area contributed by atoms with Gasteiger partial charge in [-0.05, 0) is 31.2 Å². The first-order chi connectivity index (χ1) is 10.1. The smallest absolute Gasteiger partial charge is 0.273 e. The average Bonchev–Trinajstić information content (AvgIpc) is 2.48. The van der Waals surface area contributed by atoms with Crippen LogP contribution in [0, 0.1) is 10.1 Å². The summed E-state index contributed by atoms with van der Waals surface area (Å²) in [5.41, 5.74) is 6.64. The van der Waals surface area contributed by atoms with Gasteiger partial charge in [0, 0.05) is 35.3 Å². The predicted octanol–water partition coefficient (Wildman–Crippen LogP) is 1.74. The molecule has 21 heavy (non-hydrogen) atoms. The van der Waals surface area contributed by atoms with Gasteiger partial charge in [-0.2, -0.15) is 0 Å². The maximum atomic E-state index is 12.1. The van der Waals surface area contributed by atoms with Gasteiger partial charge in [-0.1, -0.05) is 6.07 Å². The first kappa shape index (κ1) is 14.6. The number of nitro benzene ring substituents is 1. The van der Waals surface area contributed by atoms with E-state index >= 15 is 0 Å². The van der Waals surface area contributed by atoms with Crippen molar-refractivity contribution in [2.45, 2.75) is 6.42 Å². The van der Waals surface area contributed by atoms with Crippen LogP contribution < -0.4 is 11.1 Å². The van der Waals surface area contributed by atoms with Crippen molar-refractivity contribution in [1.29, 1.82) is 0 Å². The highest BCUT2D eigenvalue weighted by molar-refractivity contribution is 6.04. The number of rotatable bonds is 5. The molecule has 2 aromatic rings. The molecule has 0 fully saturated rings. The Hall–Kier alpha value is -2.80. The Balaban J connectivity index is 2.25. The third-order valence-corrected chi connectivity index (χ3v) is 2.90. The van der Waals surface area contributed by atoms with Crippen LogP contribution in [0.4, 0.5) is 11.4 Å². The molecule has 1 aromatic heterocycles. The van der Waals surface area contributed by atoms with Crippen molar-refractivity contribution >= 4 is 17.3 Å². The molecule has 0 aliphatic rings. The number of aromatic nitrogens is 1. The Morgan fingerprint density at radius 3 is 2.62 bits per heavy atom. The maximum absolute atomic E-state index is 12.1. The van der Waals surface area contributed by atoms with E-state index < -0.39 is 10.8 Å². The van der Waals surface area contributed by atoms with Gasteiger partial charge in [-0.3, -0.25) is 19.9 Å². The lowest BCUT2D eigenvalue weighted by Gasteiger charge is -2.06. The molecule has 0 aliphatic heterocycles. The zero-order chi connectivity index (χ0) is 15.2. The van der Waals surface area contributed by atoms with Gasteiger partial charge in [-0.25, -0.2) is 0 Å². The molecule has 0 spiro atoms.